The lowest BCUT2D eigenvalue weighted by Crippen LogP contribution is -2.50. The normalized spacial score (nSPS) is 22.3. The lowest BCUT2D eigenvalue weighted by Gasteiger charge is -2.33. The molecule has 0 spiro atoms. The van der Waals surface area contributed by atoms with Crippen LogP contribution < -0.4 is 0 Å². The molecule has 0 radical (unpaired) electrons. The predicted molar refractivity (Wildman–Crippen MR) is 92.4 cm³/mol. The van der Waals surface area contributed by atoms with E-state index in [1.165, 1.54) is 11.5 Å². The average Bonchev–Trinajstić information content (AvgIpc) is 3.31. The fraction of sp³-hybridized carbons (Fsp3) is 0.368. The van der Waals surface area contributed by atoms with Crippen molar-refractivity contribution in [2.75, 3.05) is 13.1 Å². The molecule has 124 valence electrons. The Labute approximate surface area is 141 Å². The fourth-order valence-corrected chi connectivity index (χ4v) is 3.78. The minimum absolute atomic E-state index is 0.0200. The van der Waals surface area contributed by atoms with Crippen LogP contribution >= 0.6 is 0 Å². The Morgan fingerprint density at radius 3 is 2.71 bits per heavy atom. The van der Waals surface area contributed by atoms with E-state index in [9.17, 15) is 9.59 Å². The number of piperazine rings is 1. The zero-order valence-electron chi connectivity index (χ0n) is 13.6. The molecule has 1 saturated heterocycles. The van der Waals surface area contributed by atoms with E-state index in [4.69, 9.17) is 0 Å². The Kier molecular flexibility index (Phi) is 3.63. The van der Waals surface area contributed by atoms with E-state index in [0.717, 1.165) is 11.9 Å². The van der Waals surface area contributed by atoms with Gasteiger partial charge in [-0.25, -0.2) is 0 Å². The highest BCUT2D eigenvalue weighted by atomic mass is 16.2. The number of benzene rings is 1. The molecule has 5 nitrogen and oxygen atoms in total. The number of amides is 2. The summed E-state index contributed by atoms with van der Waals surface area (Å²) in [7, 11) is 0. The van der Waals surface area contributed by atoms with Crippen molar-refractivity contribution in [3.63, 3.8) is 0 Å². The summed E-state index contributed by atoms with van der Waals surface area (Å²) in [5.74, 6) is 0.166. The van der Waals surface area contributed by atoms with Gasteiger partial charge >= 0.3 is 0 Å². The molecular formula is C19H21N3O2. The number of aryl methyl sites for hydroxylation is 1. The molecule has 2 aromatic rings. The first-order valence-electron chi connectivity index (χ1n) is 8.45. The molecule has 2 aliphatic rings. The monoisotopic (exact) mass is 323 g/mol. The second kappa shape index (κ2) is 5.82. The smallest absolute Gasteiger partial charge is 0.246 e. The highest BCUT2D eigenvalue weighted by Gasteiger charge is 2.51. The Morgan fingerprint density at radius 2 is 1.88 bits per heavy atom. The van der Waals surface area contributed by atoms with E-state index >= 15 is 0 Å². The van der Waals surface area contributed by atoms with Gasteiger partial charge in [0.2, 0.25) is 11.8 Å². The van der Waals surface area contributed by atoms with Crippen molar-refractivity contribution in [2.24, 2.45) is 0 Å². The summed E-state index contributed by atoms with van der Waals surface area (Å²) in [6.45, 7) is 5.49. The standard InChI is InChI=1S/C19H21N3O2/c1-2-18(23)21-11-12-22(17-13-16(17)21)19(24)8-10-20-9-7-14-5-3-4-6-15(14)20/h2-7,9,16-17H,1,8,10-13H2. The van der Waals surface area contributed by atoms with Crippen LogP contribution in [0.15, 0.2) is 49.2 Å². The molecule has 24 heavy (non-hydrogen) atoms. The summed E-state index contributed by atoms with van der Waals surface area (Å²) >= 11 is 0. The molecule has 5 heteroatoms. The van der Waals surface area contributed by atoms with Crippen LogP contribution in [0.4, 0.5) is 0 Å². The number of para-hydroxylation sites is 1. The van der Waals surface area contributed by atoms with Crippen molar-refractivity contribution in [1.82, 2.24) is 14.4 Å². The van der Waals surface area contributed by atoms with Gasteiger partial charge in [-0.3, -0.25) is 9.59 Å². The lowest BCUT2D eigenvalue weighted by atomic mass is 10.2. The van der Waals surface area contributed by atoms with Crippen LogP contribution in [0, 0.1) is 0 Å². The first-order valence-corrected chi connectivity index (χ1v) is 8.45. The van der Waals surface area contributed by atoms with Gasteiger partial charge in [0.05, 0.1) is 12.1 Å². The summed E-state index contributed by atoms with van der Waals surface area (Å²) < 4.78 is 2.13. The number of rotatable bonds is 4. The first-order chi connectivity index (χ1) is 11.7. The maximum atomic E-state index is 12.6. The van der Waals surface area contributed by atoms with Gasteiger partial charge in [-0.15, -0.1) is 0 Å². The Hall–Kier alpha value is -2.56. The van der Waals surface area contributed by atoms with E-state index in [1.54, 1.807) is 0 Å². The SMILES string of the molecule is C=CC(=O)N1CCN(C(=O)CCn2ccc3ccccc32)C2CC21. The van der Waals surface area contributed by atoms with Crippen molar-refractivity contribution >= 4 is 22.7 Å². The average molecular weight is 323 g/mol. The topological polar surface area (TPSA) is 45.6 Å². The van der Waals surface area contributed by atoms with E-state index < -0.39 is 0 Å². The maximum Gasteiger partial charge on any atom is 0.246 e. The molecule has 1 saturated carbocycles. The largest absolute Gasteiger partial charge is 0.347 e. The van der Waals surface area contributed by atoms with Crippen LogP contribution in [0.1, 0.15) is 12.8 Å². The molecular weight excluding hydrogens is 302 g/mol. The molecule has 1 aliphatic carbocycles. The van der Waals surface area contributed by atoms with Gasteiger partial charge < -0.3 is 14.4 Å². The predicted octanol–water partition coefficient (Wildman–Crippen LogP) is 2.03. The van der Waals surface area contributed by atoms with E-state index in [-0.39, 0.29) is 23.9 Å². The van der Waals surface area contributed by atoms with E-state index in [1.807, 2.05) is 28.1 Å². The van der Waals surface area contributed by atoms with Crippen LogP contribution in [-0.2, 0) is 16.1 Å². The van der Waals surface area contributed by atoms with Crippen LogP contribution in [0.5, 0.6) is 0 Å². The highest BCUT2D eigenvalue weighted by molar-refractivity contribution is 5.88. The zero-order chi connectivity index (χ0) is 16.7. The zero-order valence-corrected chi connectivity index (χ0v) is 13.6. The maximum absolute atomic E-state index is 12.6. The van der Waals surface area contributed by atoms with Gasteiger partial charge in [0, 0.05) is 37.8 Å². The molecule has 2 amide bonds. The second-order valence-electron chi connectivity index (χ2n) is 6.51. The van der Waals surface area contributed by atoms with Crippen molar-refractivity contribution in [2.45, 2.75) is 31.5 Å². The van der Waals surface area contributed by atoms with Crippen LogP contribution in [0.2, 0.25) is 0 Å². The summed E-state index contributed by atoms with van der Waals surface area (Å²) in [5, 5.41) is 1.20. The Bertz CT molecular complexity index is 810. The molecule has 0 N–H and O–H groups in total. The minimum atomic E-state index is -0.0200. The van der Waals surface area contributed by atoms with Crippen LogP contribution in [-0.4, -0.2) is 51.4 Å². The van der Waals surface area contributed by atoms with Gasteiger partial charge in [-0.2, -0.15) is 0 Å². The number of carbonyl (C=O) groups is 2. The number of carbonyl (C=O) groups excluding carboxylic acids is 2. The molecule has 2 unspecified atom stereocenters. The Morgan fingerprint density at radius 1 is 1.12 bits per heavy atom. The Balaban J connectivity index is 1.38. The second-order valence-corrected chi connectivity index (χ2v) is 6.51. The first kappa shape index (κ1) is 15.0. The molecule has 1 aromatic carbocycles. The lowest BCUT2D eigenvalue weighted by molar-refractivity contribution is -0.137. The van der Waals surface area contributed by atoms with E-state index in [0.29, 0.717) is 26.1 Å². The van der Waals surface area contributed by atoms with Crippen LogP contribution in [0.3, 0.4) is 0 Å². The van der Waals surface area contributed by atoms with Crippen molar-refractivity contribution in [3.8, 4) is 0 Å². The van der Waals surface area contributed by atoms with Gasteiger partial charge in [-0.1, -0.05) is 24.8 Å². The number of hydrogen-bond donors (Lipinski definition) is 0. The number of fused-ring (bicyclic) bond motifs is 2. The fourth-order valence-electron chi connectivity index (χ4n) is 3.78. The molecule has 1 aromatic heterocycles. The molecule has 2 atom stereocenters. The van der Waals surface area contributed by atoms with Gasteiger partial charge in [0.1, 0.15) is 0 Å². The summed E-state index contributed by atoms with van der Waals surface area (Å²) in [4.78, 5) is 28.2. The van der Waals surface area contributed by atoms with Gasteiger partial charge in [0.15, 0.2) is 0 Å². The van der Waals surface area contributed by atoms with Gasteiger partial charge in [0.25, 0.3) is 0 Å². The van der Waals surface area contributed by atoms with Crippen molar-refractivity contribution in [1.29, 1.82) is 0 Å². The number of aromatic nitrogens is 1. The van der Waals surface area contributed by atoms with Crippen LogP contribution in [0.25, 0.3) is 10.9 Å². The summed E-state index contributed by atoms with van der Waals surface area (Å²) in [6, 6.07) is 10.7. The molecule has 1 aliphatic heterocycles. The van der Waals surface area contributed by atoms with Crippen molar-refractivity contribution in [3.05, 3.63) is 49.2 Å². The minimum Gasteiger partial charge on any atom is -0.347 e. The van der Waals surface area contributed by atoms with Gasteiger partial charge in [-0.05, 0) is 30.0 Å². The molecule has 0 bridgehead atoms. The quantitative estimate of drug-likeness (QED) is 0.808. The third-order valence-corrected chi connectivity index (χ3v) is 5.13. The number of hydrogen-bond acceptors (Lipinski definition) is 2. The summed E-state index contributed by atoms with van der Waals surface area (Å²) in [5.41, 5.74) is 1.16. The molecule has 2 heterocycles. The van der Waals surface area contributed by atoms with Crippen molar-refractivity contribution < 1.29 is 9.59 Å². The molecule has 2 fully saturated rings. The van der Waals surface area contributed by atoms with E-state index in [2.05, 4.69) is 29.3 Å². The molecule has 4 rings (SSSR count). The summed E-state index contributed by atoms with van der Waals surface area (Å²) in [6.07, 6.45) is 4.80. The third-order valence-electron chi connectivity index (χ3n) is 5.13. The highest BCUT2D eigenvalue weighted by Crippen LogP contribution is 2.37. The number of nitrogens with zero attached hydrogens (tertiary/aromatic N) is 3. The third kappa shape index (κ3) is 2.50.